The van der Waals surface area contributed by atoms with Crippen LogP contribution < -0.4 is 10.6 Å². The van der Waals surface area contributed by atoms with Crippen molar-refractivity contribution in [3.63, 3.8) is 0 Å². The van der Waals surface area contributed by atoms with Gasteiger partial charge in [0.2, 0.25) is 0 Å². The number of rotatable bonds is 5. The maximum Gasteiger partial charge on any atom is 0.161 e. The Bertz CT molecular complexity index is 872. The molecule has 2 N–H and O–H groups in total. The maximum atomic E-state index is 8.90. The van der Waals surface area contributed by atoms with Crippen molar-refractivity contribution in [3.05, 3.63) is 59.2 Å². The highest BCUT2D eigenvalue weighted by Gasteiger charge is 2.02. The first-order chi connectivity index (χ1) is 11.3. The largest absolute Gasteiger partial charge is 0.368 e. The number of halogens is 1. The molecule has 3 rings (SSSR count). The monoisotopic (exact) mass is 323 g/mol. The molecule has 0 amide bonds. The summed E-state index contributed by atoms with van der Waals surface area (Å²) in [5, 5.41) is 16.8. The fourth-order valence-corrected chi connectivity index (χ4v) is 2.31. The van der Waals surface area contributed by atoms with E-state index in [-0.39, 0.29) is 5.69 Å². The van der Waals surface area contributed by atoms with Crippen LogP contribution in [0, 0.1) is 11.3 Å². The van der Waals surface area contributed by atoms with Crippen molar-refractivity contribution in [3.8, 4) is 6.07 Å². The van der Waals surface area contributed by atoms with Crippen molar-refractivity contribution in [1.29, 1.82) is 5.26 Å². The molecule has 0 spiro atoms. The van der Waals surface area contributed by atoms with Gasteiger partial charge in [0, 0.05) is 18.5 Å². The van der Waals surface area contributed by atoms with Gasteiger partial charge in [0.15, 0.2) is 5.69 Å². The van der Waals surface area contributed by atoms with Crippen molar-refractivity contribution in [2.45, 2.75) is 0 Å². The summed E-state index contributed by atoms with van der Waals surface area (Å²) < 4.78 is 0. The fraction of sp³-hybridized carbons (Fsp3) is 0.118. The molecule has 0 saturated carbocycles. The van der Waals surface area contributed by atoms with E-state index in [0.717, 1.165) is 16.7 Å². The Morgan fingerprint density at radius 1 is 0.913 bits per heavy atom. The molecule has 0 unspecified atom stereocenters. The maximum absolute atomic E-state index is 8.90. The molecule has 0 aliphatic carbocycles. The van der Waals surface area contributed by atoms with Crippen LogP contribution in [0.25, 0.3) is 10.9 Å². The van der Waals surface area contributed by atoms with Crippen molar-refractivity contribution in [2.75, 3.05) is 23.7 Å². The molecule has 5 nitrogen and oxygen atoms in total. The van der Waals surface area contributed by atoms with E-state index in [1.165, 1.54) is 0 Å². The van der Waals surface area contributed by atoms with Gasteiger partial charge in [-0.05, 0) is 30.3 Å². The highest BCUT2D eigenvalue weighted by atomic mass is 35.5. The summed E-state index contributed by atoms with van der Waals surface area (Å²) in [6, 6.07) is 17.4. The Morgan fingerprint density at radius 2 is 1.61 bits per heavy atom. The van der Waals surface area contributed by atoms with Gasteiger partial charge < -0.3 is 10.6 Å². The van der Waals surface area contributed by atoms with E-state index >= 15 is 0 Å². The summed E-state index contributed by atoms with van der Waals surface area (Å²) in [6.07, 6.45) is 0. The predicted octanol–water partition coefficient (Wildman–Crippen LogP) is 3.68. The van der Waals surface area contributed by atoms with E-state index < -0.39 is 0 Å². The number of nitrogens with one attached hydrogen (secondary N) is 2. The Labute approximate surface area is 138 Å². The quantitative estimate of drug-likeness (QED) is 0.701. The molecule has 0 fully saturated rings. The van der Waals surface area contributed by atoms with Crippen LogP contribution in [0.5, 0.6) is 0 Å². The summed E-state index contributed by atoms with van der Waals surface area (Å²) in [5.41, 5.74) is 1.18. The molecule has 0 radical (unpaired) electrons. The number of hydrogen-bond donors (Lipinski definition) is 2. The highest BCUT2D eigenvalue weighted by molar-refractivity contribution is 6.31. The van der Waals surface area contributed by atoms with Crippen molar-refractivity contribution < 1.29 is 0 Å². The number of hydrogen-bond acceptors (Lipinski definition) is 5. The molecule has 3 aromatic rings. The Kier molecular flexibility index (Phi) is 4.55. The molecule has 6 heteroatoms. The molecule has 0 atom stereocenters. The second kappa shape index (κ2) is 6.95. The minimum Gasteiger partial charge on any atom is -0.368 e. The number of fused-ring (bicyclic) bond motifs is 1. The molecular weight excluding hydrogens is 310 g/mol. The molecule has 0 saturated heterocycles. The van der Waals surface area contributed by atoms with Crippen LogP contribution >= 0.6 is 11.6 Å². The van der Waals surface area contributed by atoms with Gasteiger partial charge in [-0.2, -0.15) is 5.26 Å². The molecular formula is C17H14ClN5. The summed E-state index contributed by atoms with van der Waals surface area (Å²) in [6.45, 7) is 1.32. The Balaban J connectivity index is 1.55. The third-order valence-corrected chi connectivity index (χ3v) is 3.59. The molecule has 2 aromatic heterocycles. The lowest BCUT2D eigenvalue weighted by atomic mass is 10.2. The number of para-hydroxylation sites is 1. The topological polar surface area (TPSA) is 73.6 Å². The van der Waals surface area contributed by atoms with Gasteiger partial charge in [-0.15, -0.1) is 0 Å². The van der Waals surface area contributed by atoms with Gasteiger partial charge in [-0.25, -0.2) is 9.97 Å². The summed E-state index contributed by atoms with van der Waals surface area (Å²) in [7, 11) is 0. The van der Waals surface area contributed by atoms with E-state index in [1.807, 2.05) is 42.5 Å². The lowest BCUT2D eigenvalue weighted by Gasteiger charge is -2.09. The molecule has 2 heterocycles. The lowest BCUT2D eigenvalue weighted by Crippen LogP contribution is -2.15. The number of pyridine rings is 2. The normalized spacial score (nSPS) is 10.3. The smallest absolute Gasteiger partial charge is 0.161 e. The van der Waals surface area contributed by atoms with Crippen LogP contribution in [0.3, 0.4) is 0 Å². The van der Waals surface area contributed by atoms with E-state index in [1.54, 1.807) is 12.1 Å². The Morgan fingerprint density at radius 3 is 2.39 bits per heavy atom. The van der Waals surface area contributed by atoms with Gasteiger partial charge in [0.05, 0.1) is 10.5 Å². The lowest BCUT2D eigenvalue weighted by molar-refractivity contribution is 1.05. The minimum absolute atomic E-state index is 0.223. The van der Waals surface area contributed by atoms with E-state index in [0.29, 0.717) is 23.9 Å². The molecule has 23 heavy (non-hydrogen) atoms. The van der Waals surface area contributed by atoms with Gasteiger partial charge in [0.25, 0.3) is 0 Å². The zero-order chi connectivity index (χ0) is 16.1. The first-order valence-corrected chi connectivity index (χ1v) is 7.54. The fourth-order valence-electron chi connectivity index (χ4n) is 2.16. The molecule has 0 aliphatic heterocycles. The van der Waals surface area contributed by atoms with Gasteiger partial charge in [-0.3, -0.25) is 0 Å². The minimum atomic E-state index is 0.223. The number of nitrogens with zero attached hydrogens (tertiary/aromatic N) is 3. The average Bonchev–Trinajstić information content (AvgIpc) is 2.60. The highest BCUT2D eigenvalue weighted by Crippen LogP contribution is 2.16. The predicted molar refractivity (Wildman–Crippen MR) is 92.7 cm³/mol. The first kappa shape index (κ1) is 15.1. The van der Waals surface area contributed by atoms with Gasteiger partial charge >= 0.3 is 0 Å². The zero-order valence-corrected chi connectivity index (χ0v) is 13.0. The number of benzene rings is 1. The van der Waals surface area contributed by atoms with Crippen LogP contribution in [0.4, 0.5) is 11.6 Å². The molecule has 0 aliphatic rings. The van der Waals surface area contributed by atoms with Gasteiger partial charge in [-0.1, -0.05) is 29.8 Å². The van der Waals surface area contributed by atoms with Crippen molar-refractivity contribution in [1.82, 2.24) is 9.97 Å². The summed E-state index contributed by atoms with van der Waals surface area (Å²) >= 11 is 5.85. The van der Waals surface area contributed by atoms with E-state index in [4.69, 9.17) is 16.9 Å². The van der Waals surface area contributed by atoms with Crippen LogP contribution in [0.1, 0.15) is 5.69 Å². The number of aromatic nitrogens is 2. The first-order valence-electron chi connectivity index (χ1n) is 7.16. The zero-order valence-electron chi connectivity index (χ0n) is 12.3. The van der Waals surface area contributed by atoms with Crippen molar-refractivity contribution in [2.24, 2.45) is 0 Å². The van der Waals surface area contributed by atoms with E-state index in [9.17, 15) is 0 Å². The average molecular weight is 324 g/mol. The van der Waals surface area contributed by atoms with Crippen LogP contribution in [-0.4, -0.2) is 23.1 Å². The second-order valence-corrected chi connectivity index (χ2v) is 5.29. The number of nitriles is 1. The standard InChI is InChI=1S/C17H14ClN5/c18-13-6-8-17(23-15(13)11-19)21-10-9-20-16-7-5-12-3-1-2-4-14(12)22-16/h1-8H,9-10H2,(H,20,22)(H,21,23). The van der Waals surface area contributed by atoms with Gasteiger partial charge in [0.1, 0.15) is 17.7 Å². The van der Waals surface area contributed by atoms with Crippen LogP contribution in [-0.2, 0) is 0 Å². The SMILES string of the molecule is N#Cc1nc(NCCNc2ccc3ccccc3n2)ccc1Cl. The van der Waals surface area contributed by atoms with Crippen LogP contribution in [0.15, 0.2) is 48.5 Å². The summed E-state index contributed by atoms with van der Waals surface area (Å²) in [5.74, 6) is 1.45. The summed E-state index contributed by atoms with van der Waals surface area (Å²) in [4.78, 5) is 8.67. The third-order valence-electron chi connectivity index (χ3n) is 3.29. The van der Waals surface area contributed by atoms with Crippen LogP contribution in [0.2, 0.25) is 5.02 Å². The number of anilines is 2. The molecule has 114 valence electrons. The molecule has 1 aromatic carbocycles. The molecule has 0 bridgehead atoms. The second-order valence-electron chi connectivity index (χ2n) is 4.88. The van der Waals surface area contributed by atoms with Crippen molar-refractivity contribution >= 4 is 34.1 Å². The Hall–Kier alpha value is -2.84. The third kappa shape index (κ3) is 3.68. The van der Waals surface area contributed by atoms with E-state index in [2.05, 4.69) is 20.6 Å².